The molecule has 0 spiro atoms. The number of aromatic nitrogens is 4. The molecule has 3 aromatic rings. The number of ether oxygens (including phenoxy) is 1. The third-order valence-corrected chi connectivity index (χ3v) is 5.40. The van der Waals surface area contributed by atoms with Crippen LogP contribution in [0.2, 0.25) is 0 Å². The molecule has 0 bridgehead atoms. The smallest absolute Gasteiger partial charge is 0.387 e. The number of hydrogen-bond donors (Lipinski definition) is 5. The first-order valence-corrected chi connectivity index (χ1v) is 10.8. The Morgan fingerprint density at radius 1 is 1.09 bits per heavy atom. The van der Waals surface area contributed by atoms with Gasteiger partial charge in [-0.1, -0.05) is 0 Å². The van der Waals surface area contributed by atoms with Crippen LogP contribution in [0.1, 0.15) is 11.8 Å². The minimum atomic E-state index is -4.82. The quantitative estimate of drug-likeness (QED) is 0.231. The average molecular weight is 491 g/mol. The SMILES string of the molecule is O=P(O)(O)OC[C@H]1O[C@@H](n2cnc3c(NCc4cc(F)c(F)cc4F)ncnc32)[C@H](O)[C@@H]1O. The molecule has 4 atom stereocenters. The molecule has 0 unspecified atom stereocenters. The van der Waals surface area contributed by atoms with Gasteiger partial charge in [0.25, 0.3) is 0 Å². The summed E-state index contributed by atoms with van der Waals surface area (Å²) in [4.78, 5) is 29.8. The van der Waals surface area contributed by atoms with Crippen molar-refractivity contribution >= 4 is 24.8 Å². The monoisotopic (exact) mass is 491 g/mol. The molecule has 33 heavy (non-hydrogen) atoms. The van der Waals surface area contributed by atoms with Crippen LogP contribution in [-0.4, -0.2) is 64.4 Å². The molecule has 178 valence electrons. The fourth-order valence-electron chi connectivity index (χ4n) is 3.31. The maximum Gasteiger partial charge on any atom is 0.469 e. The standard InChI is InChI=1S/C17H17F3N5O7P/c18-8-2-10(20)9(19)1-7(8)3-21-15-12-16(23-5-22-15)25(6-24-12)17-14(27)13(26)11(32-17)4-31-33(28,29)30/h1-2,5-6,11,13-14,17,26-27H,3-4H2,(H,21,22,23)(H2,28,29,30)/t11-,13-,14-,17-/m1/s1. The number of aliphatic hydroxyl groups is 2. The fourth-order valence-corrected chi connectivity index (χ4v) is 3.65. The highest BCUT2D eigenvalue weighted by Crippen LogP contribution is 2.39. The lowest BCUT2D eigenvalue weighted by Gasteiger charge is -2.16. The van der Waals surface area contributed by atoms with E-state index in [1.807, 2.05) is 0 Å². The van der Waals surface area contributed by atoms with Gasteiger partial charge in [0.1, 0.15) is 30.5 Å². The molecule has 1 aliphatic rings. The third-order valence-electron chi connectivity index (χ3n) is 4.91. The zero-order valence-corrected chi connectivity index (χ0v) is 17.3. The number of nitrogens with one attached hydrogen (secondary N) is 1. The molecule has 1 fully saturated rings. The molecular weight excluding hydrogens is 474 g/mol. The maximum atomic E-state index is 13.9. The number of rotatable bonds is 7. The van der Waals surface area contributed by atoms with Crippen molar-refractivity contribution in [3.05, 3.63) is 47.8 Å². The van der Waals surface area contributed by atoms with Gasteiger partial charge >= 0.3 is 7.82 Å². The second kappa shape index (κ2) is 8.95. The number of halogens is 3. The summed E-state index contributed by atoms with van der Waals surface area (Å²) >= 11 is 0. The molecule has 4 rings (SSSR count). The van der Waals surface area contributed by atoms with E-state index in [2.05, 4.69) is 24.8 Å². The first-order valence-electron chi connectivity index (χ1n) is 9.31. The zero-order valence-electron chi connectivity index (χ0n) is 16.4. The van der Waals surface area contributed by atoms with Gasteiger partial charge in [-0.15, -0.1) is 0 Å². The van der Waals surface area contributed by atoms with Gasteiger partial charge in [0.15, 0.2) is 34.8 Å². The first kappa shape index (κ1) is 23.5. The Balaban J connectivity index is 1.55. The van der Waals surface area contributed by atoms with E-state index < -0.39 is 56.4 Å². The molecule has 5 N–H and O–H groups in total. The minimum Gasteiger partial charge on any atom is -0.387 e. The van der Waals surface area contributed by atoms with E-state index in [-0.39, 0.29) is 29.1 Å². The fraction of sp³-hybridized carbons (Fsp3) is 0.353. The van der Waals surface area contributed by atoms with E-state index in [0.29, 0.717) is 12.1 Å². The van der Waals surface area contributed by atoms with Crippen molar-refractivity contribution in [2.75, 3.05) is 11.9 Å². The van der Waals surface area contributed by atoms with Gasteiger partial charge in [-0.2, -0.15) is 0 Å². The Kier molecular flexibility index (Phi) is 6.37. The van der Waals surface area contributed by atoms with Crippen molar-refractivity contribution in [2.45, 2.75) is 31.1 Å². The summed E-state index contributed by atoms with van der Waals surface area (Å²) in [6.07, 6.45) is -3.20. The van der Waals surface area contributed by atoms with Crippen molar-refractivity contribution in [2.24, 2.45) is 0 Å². The number of hydrogen-bond acceptors (Lipinski definition) is 9. The summed E-state index contributed by atoms with van der Waals surface area (Å²) in [5.41, 5.74) is 0.123. The Hall–Kier alpha value is -2.65. The third kappa shape index (κ3) is 4.84. The van der Waals surface area contributed by atoms with E-state index in [1.54, 1.807) is 0 Å². The lowest BCUT2D eigenvalue weighted by atomic mass is 10.1. The lowest BCUT2D eigenvalue weighted by molar-refractivity contribution is -0.0504. The Labute approximate surface area is 182 Å². The minimum absolute atomic E-state index is 0.109. The van der Waals surface area contributed by atoms with Crippen LogP contribution in [0.4, 0.5) is 19.0 Å². The molecule has 0 radical (unpaired) electrons. The van der Waals surface area contributed by atoms with Gasteiger partial charge in [0, 0.05) is 18.2 Å². The second-order valence-electron chi connectivity index (χ2n) is 7.09. The van der Waals surface area contributed by atoms with E-state index in [4.69, 9.17) is 14.5 Å². The summed E-state index contributed by atoms with van der Waals surface area (Å²) in [6.45, 7) is -0.946. The van der Waals surface area contributed by atoms with Crippen LogP contribution >= 0.6 is 7.82 Å². The molecule has 2 aromatic heterocycles. The van der Waals surface area contributed by atoms with Gasteiger partial charge in [0.2, 0.25) is 0 Å². The molecule has 0 saturated carbocycles. The summed E-state index contributed by atoms with van der Waals surface area (Å²) in [7, 11) is -4.82. The van der Waals surface area contributed by atoms with Crippen molar-refractivity contribution in [1.29, 1.82) is 0 Å². The predicted octanol–water partition coefficient (Wildman–Crippen LogP) is 0.584. The molecule has 1 saturated heterocycles. The summed E-state index contributed by atoms with van der Waals surface area (Å²) in [5, 5.41) is 23.2. The van der Waals surface area contributed by atoms with Crippen LogP contribution in [0.15, 0.2) is 24.8 Å². The van der Waals surface area contributed by atoms with Crippen LogP contribution in [0.5, 0.6) is 0 Å². The Bertz CT molecular complexity index is 1230. The first-order chi connectivity index (χ1) is 15.5. The van der Waals surface area contributed by atoms with E-state index in [1.165, 1.54) is 10.9 Å². The van der Waals surface area contributed by atoms with Crippen LogP contribution < -0.4 is 5.32 Å². The van der Waals surface area contributed by atoms with Crippen LogP contribution in [0.25, 0.3) is 11.2 Å². The van der Waals surface area contributed by atoms with Crippen molar-refractivity contribution in [1.82, 2.24) is 19.5 Å². The molecule has 3 heterocycles. The number of phosphoric ester groups is 1. The molecule has 1 aliphatic heterocycles. The summed E-state index contributed by atoms with van der Waals surface area (Å²) in [6, 6.07) is 1.13. The van der Waals surface area contributed by atoms with Crippen molar-refractivity contribution in [3.8, 4) is 0 Å². The number of fused-ring (bicyclic) bond motifs is 1. The van der Waals surface area contributed by atoms with Gasteiger partial charge in [-0.05, 0) is 6.07 Å². The number of benzene rings is 1. The van der Waals surface area contributed by atoms with Gasteiger partial charge in [-0.25, -0.2) is 32.7 Å². The summed E-state index contributed by atoms with van der Waals surface area (Å²) < 4.78 is 62.4. The van der Waals surface area contributed by atoms with Crippen molar-refractivity contribution < 1.29 is 47.0 Å². The molecule has 12 nitrogen and oxygen atoms in total. The average Bonchev–Trinajstić information content (AvgIpc) is 3.29. The van der Waals surface area contributed by atoms with Crippen LogP contribution in [0, 0.1) is 17.5 Å². The second-order valence-corrected chi connectivity index (χ2v) is 8.33. The number of aliphatic hydroxyl groups excluding tert-OH is 2. The number of phosphoric acid groups is 1. The molecule has 1 aromatic carbocycles. The van der Waals surface area contributed by atoms with E-state index in [9.17, 15) is 27.9 Å². The van der Waals surface area contributed by atoms with E-state index >= 15 is 0 Å². The van der Waals surface area contributed by atoms with Gasteiger partial charge in [0.05, 0.1) is 12.9 Å². The zero-order chi connectivity index (χ0) is 23.9. The molecular formula is C17H17F3N5O7P. The number of nitrogens with zero attached hydrogens (tertiary/aromatic N) is 4. The molecule has 16 heteroatoms. The molecule has 0 amide bonds. The number of imidazole rings is 1. The van der Waals surface area contributed by atoms with Crippen LogP contribution in [0.3, 0.4) is 0 Å². The van der Waals surface area contributed by atoms with Crippen molar-refractivity contribution in [3.63, 3.8) is 0 Å². The van der Waals surface area contributed by atoms with Crippen LogP contribution in [-0.2, 0) is 20.4 Å². The highest BCUT2D eigenvalue weighted by molar-refractivity contribution is 7.46. The lowest BCUT2D eigenvalue weighted by Crippen LogP contribution is -2.33. The van der Waals surface area contributed by atoms with Gasteiger partial charge < -0.3 is 30.1 Å². The van der Waals surface area contributed by atoms with E-state index in [0.717, 1.165) is 6.33 Å². The Morgan fingerprint density at radius 2 is 1.82 bits per heavy atom. The normalized spacial score (nSPS) is 23.4. The summed E-state index contributed by atoms with van der Waals surface area (Å²) in [5.74, 6) is -3.38. The molecule has 0 aliphatic carbocycles. The van der Waals surface area contributed by atoms with Gasteiger partial charge in [-0.3, -0.25) is 9.09 Å². The Morgan fingerprint density at radius 3 is 2.55 bits per heavy atom. The largest absolute Gasteiger partial charge is 0.469 e. The highest BCUT2D eigenvalue weighted by atomic mass is 31.2. The predicted molar refractivity (Wildman–Crippen MR) is 103 cm³/mol. The topological polar surface area (TPSA) is 172 Å². The number of anilines is 1. The highest BCUT2D eigenvalue weighted by Gasteiger charge is 2.45. The maximum absolute atomic E-state index is 13.9.